The van der Waals surface area contributed by atoms with E-state index < -0.39 is 12.6 Å². The van der Waals surface area contributed by atoms with Gasteiger partial charge >= 0.3 is 5.97 Å². The number of rotatable bonds is 10. The zero-order chi connectivity index (χ0) is 20.5. The third-order valence-electron chi connectivity index (χ3n) is 3.92. The Labute approximate surface area is 163 Å². The molecule has 2 aromatic carbocycles. The van der Waals surface area contributed by atoms with Gasteiger partial charge in [-0.25, -0.2) is 4.79 Å². The van der Waals surface area contributed by atoms with Crippen LogP contribution < -0.4 is 14.2 Å². The van der Waals surface area contributed by atoms with Crippen LogP contribution in [0.3, 0.4) is 0 Å². The van der Waals surface area contributed by atoms with Crippen LogP contribution in [0.15, 0.2) is 42.5 Å². The van der Waals surface area contributed by atoms with E-state index in [1.807, 2.05) is 0 Å². The first-order chi connectivity index (χ1) is 13.5. The van der Waals surface area contributed by atoms with Gasteiger partial charge in [0, 0.05) is 17.5 Å². The summed E-state index contributed by atoms with van der Waals surface area (Å²) in [5.74, 6) is 0.304. The van der Waals surface area contributed by atoms with Crippen LogP contribution in [0.25, 0.3) is 0 Å². The zero-order valence-corrected chi connectivity index (χ0v) is 16.0. The molecule has 0 amide bonds. The predicted molar refractivity (Wildman–Crippen MR) is 101 cm³/mol. The van der Waals surface area contributed by atoms with Gasteiger partial charge in [-0.3, -0.25) is 9.59 Å². The van der Waals surface area contributed by atoms with Crippen molar-refractivity contribution < 1.29 is 33.3 Å². The van der Waals surface area contributed by atoms with Crippen LogP contribution in [0.1, 0.15) is 34.1 Å². The first kappa shape index (κ1) is 21.0. The molecule has 0 spiro atoms. The maximum atomic E-state index is 12.2. The van der Waals surface area contributed by atoms with Crippen LogP contribution >= 0.6 is 0 Å². The molecule has 0 atom stereocenters. The second-order valence-corrected chi connectivity index (χ2v) is 5.74. The summed E-state index contributed by atoms with van der Waals surface area (Å²) in [7, 11) is 2.96. The molecular formula is C21H22O7. The van der Waals surface area contributed by atoms with Gasteiger partial charge in [0.05, 0.1) is 14.2 Å². The molecule has 0 N–H and O–H groups in total. The van der Waals surface area contributed by atoms with E-state index in [0.29, 0.717) is 34.8 Å². The molecule has 0 aliphatic carbocycles. The predicted octanol–water partition coefficient (Wildman–Crippen LogP) is 3.10. The summed E-state index contributed by atoms with van der Waals surface area (Å²) in [6.07, 6.45) is 0.417. The summed E-state index contributed by atoms with van der Waals surface area (Å²) in [5.41, 5.74) is 0.917. The lowest BCUT2D eigenvalue weighted by molar-refractivity contribution is -0.144. The molecule has 7 heteroatoms. The van der Waals surface area contributed by atoms with Crippen molar-refractivity contribution in [2.45, 2.75) is 13.3 Å². The molecule has 0 heterocycles. The molecule has 2 aromatic rings. The van der Waals surface area contributed by atoms with Gasteiger partial charge in [-0.2, -0.15) is 0 Å². The molecule has 0 saturated heterocycles. The van der Waals surface area contributed by atoms with E-state index in [4.69, 9.17) is 18.9 Å². The van der Waals surface area contributed by atoms with Gasteiger partial charge in [0.1, 0.15) is 5.75 Å². The third kappa shape index (κ3) is 5.57. The Morgan fingerprint density at radius 3 is 2.04 bits per heavy atom. The maximum absolute atomic E-state index is 12.2. The number of hydrogen-bond donors (Lipinski definition) is 0. The van der Waals surface area contributed by atoms with Crippen molar-refractivity contribution in [3.8, 4) is 17.2 Å². The second kappa shape index (κ2) is 10.1. The number of ether oxygens (including phenoxy) is 4. The van der Waals surface area contributed by atoms with E-state index in [1.54, 1.807) is 43.3 Å². The summed E-state index contributed by atoms with van der Waals surface area (Å²) in [6.45, 7) is 1.02. The smallest absolute Gasteiger partial charge is 0.344 e. The number of Topliss-reactive ketones (excluding diaryl/α,β-unsaturated/α-hetero) is 2. The molecular weight excluding hydrogens is 364 g/mol. The monoisotopic (exact) mass is 386 g/mol. The number of carbonyl (C=O) groups is 3. The highest BCUT2D eigenvalue weighted by molar-refractivity contribution is 5.98. The van der Waals surface area contributed by atoms with E-state index >= 15 is 0 Å². The largest absolute Gasteiger partial charge is 0.493 e. The van der Waals surface area contributed by atoms with Gasteiger partial charge in [0.2, 0.25) is 0 Å². The molecule has 0 aliphatic rings. The minimum atomic E-state index is -0.678. The van der Waals surface area contributed by atoms with E-state index in [2.05, 4.69) is 0 Å². The molecule has 0 aliphatic heterocycles. The average molecular weight is 386 g/mol. The number of benzene rings is 2. The van der Waals surface area contributed by atoms with E-state index in [1.165, 1.54) is 20.3 Å². The molecule has 0 fully saturated rings. The average Bonchev–Trinajstić information content (AvgIpc) is 2.75. The van der Waals surface area contributed by atoms with E-state index in [0.717, 1.165) is 0 Å². The van der Waals surface area contributed by atoms with Crippen molar-refractivity contribution in [2.24, 2.45) is 0 Å². The number of carbonyl (C=O) groups excluding carboxylic acids is 3. The molecule has 28 heavy (non-hydrogen) atoms. The summed E-state index contributed by atoms with van der Waals surface area (Å²) in [5, 5.41) is 0. The van der Waals surface area contributed by atoms with Crippen molar-refractivity contribution >= 4 is 17.5 Å². The van der Waals surface area contributed by atoms with E-state index in [-0.39, 0.29) is 18.2 Å². The summed E-state index contributed by atoms with van der Waals surface area (Å²) in [6, 6.07) is 11.2. The topological polar surface area (TPSA) is 88.1 Å². The van der Waals surface area contributed by atoms with Crippen LogP contribution in [0.2, 0.25) is 0 Å². The van der Waals surface area contributed by atoms with Crippen LogP contribution in [0.5, 0.6) is 17.2 Å². The Hall–Kier alpha value is -3.35. The van der Waals surface area contributed by atoms with Crippen molar-refractivity contribution in [3.05, 3.63) is 53.6 Å². The Morgan fingerprint density at radius 2 is 1.43 bits per heavy atom. The van der Waals surface area contributed by atoms with Gasteiger partial charge in [0.15, 0.2) is 36.3 Å². The fraction of sp³-hybridized carbons (Fsp3) is 0.286. The van der Waals surface area contributed by atoms with Crippen molar-refractivity contribution in [1.82, 2.24) is 0 Å². The highest BCUT2D eigenvalue weighted by Crippen LogP contribution is 2.27. The van der Waals surface area contributed by atoms with Gasteiger partial charge in [-0.15, -0.1) is 0 Å². The lowest BCUT2D eigenvalue weighted by atomic mass is 10.1. The fourth-order valence-electron chi connectivity index (χ4n) is 2.36. The highest BCUT2D eigenvalue weighted by Gasteiger charge is 2.14. The minimum absolute atomic E-state index is 0.0274. The number of methoxy groups -OCH3 is 2. The van der Waals surface area contributed by atoms with Crippen LogP contribution in [0.4, 0.5) is 0 Å². The van der Waals surface area contributed by atoms with Crippen LogP contribution in [-0.2, 0) is 9.53 Å². The molecule has 0 unspecified atom stereocenters. The molecule has 2 rings (SSSR count). The number of esters is 1. The quantitative estimate of drug-likeness (QED) is 0.458. The first-order valence-corrected chi connectivity index (χ1v) is 8.65. The molecule has 7 nitrogen and oxygen atoms in total. The summed E-state index contributed by atoms with van der Waals surface area (Å²) >= 11 is 0. The van der Waals surface area contributed by atoms with Gasteiger partial charge in [-0.1, -0.05) is 6.92 Å². The number of hydrogen-bond acceptors (Lipinski definition) is 7. The summed E-state index contributed by atoms with van der Waals surface area (Å²) < 4.78 is 20.5. The second-order valence-electron chi connectivity index (χ2n) is 5.74. The molecule has 0 aromatic heterocycles. The van der Waals surface area contributed by atoms with Gasteiger partial charge in [0.25, 0.3) is 0 Å². The van der Waals surface area contributed by atoms with Crippen LogP contribution in [-0.4, -0.2) is 45.0 Å². The Balaban J connectivity index is 1.83. The highest BCUT2D eigenvalue weighted by atomic mass is 16.6. The normalized spacial score (nSPS) is 10.1. The van der Waals surface area contributed by atoms with E-state index in [9.17, 15) is 14.4 Å². The third-order valence-corrected chi connectivity index (χ3v) is 3.92. The van der Waals surface area contributed by atoms with Crippen molar-refractivity contribution in [1.29, 1.82) is 0 Å². The van der Waals surface area contributed by atoms with Crippen LogP contribution in [0, 0.1) is 0 Å². The SMILES string of the molecule is CCC(=O)c1ccc(OCC(=O)OCC(=O)c2ccc(OC)c(OC)c2)cc1. The Bertz CT molecular complexity index is 840. The Morgan fingerprint density at radius 1 is 0.786 bits per heavy atom. The maximum Gasteiger partial charge on any atom is 0.344 e. The standard InChI is InChI=1S/C21H22O7/c1-4-17(22)14-5-8-16(9-6-14)27-13-21(24)28-12-18(23)15-7-10-19(25-2)20(11-15)26-3/h5-11H,4,12-13H2,1-3H3. The fourth-order valence-corrected chi connectivity index (χ4v) is 2.36. The molecule has 148 valence electrons. The minimum Gasteiger partial charge on any atom is -0.493 e. The lowest BCUT2D eigenvalue weighted by Crippen LogP contribution is -2.19. The van der Waals surface area contributed by atoms with Gasteiger partial charge in [-0.05, 0) is 42.5 Å². The summed E-state index contributed by atoms with van der Waals surface area (Å²) in [4.78, 5) is 35.5. The van der Waals surface area contributed by atoms with Crippen molar-refractivity contribution in [2.75, 3.05) is 27.4 Å². The van der Waals surface area contributed by atoms with Gasteiger partial charge < -0.3 is 18.9 Å². The molecule has 0 radical (unpaired) electrons. The molecule has 0 bridgehead atoms. The zero-order valence-electron chi connectivity index (χ0n) is 16.0. The Kier molecular flexibility index (Phi) is 7.56. The molecule has 0 saturated carbocycles. The number of ketones is 2. The lowest BCUT2D eigenvalue weighted by Gasteiger charge is -2.10. The van der Waals surface area contributed by atoms with Crippen molar-refractivity contribution in [3.63, 3.8) is 0 Å². The first-order valence-electron chi connectivity index (χ1n) is 8.65.